The van der Waals surface area contributed by atoms with E-state index in [0.717, 1.165) is 12.4 Å². The fourth-order valence-electron chi connectivity index (χ4n) is 1.59. The monoisotopic (exact) mass is 221 g/mol. The van der Waals surface area contributed by atoms with E-state index in [1.54, 1.807) is 17.2 Å². The van der Waals surface area contributed by atoms with Crippen LogP contribution in [0.3, 0.4) is 0 Å². The molecule has 0 aliphatic carbocycles. The van der Waals surface area contributed by atoms with Gasteiger partial charge in [0.15, 0.2) is 0 Å². The first-order chi connectivity index (χ1) is 7.70. The van der Waals surface area contributed by atoms with Crippen LogP contribution in [0.5, 0.6) is 0 Å². The smallest absolute Gasteiger partial charge is 0.138 e. The van der Waals surface area contributed by atoms with E-state index in [4.69, 9.17) is 0 Å². The lowest BCUT2D eigenvalue weighted by atomic mass is 10.2. The zero-order chi connectivity index (χ0) is 11.5. The van der Waals surface area contributed by atoms with Crippen molar-refractivity contribution in [3.8, 4) is 0 Å². The number of nitrogens with zero attached hydrogens (tertiary/aromatic N) is 5. The number of aliphatic hydroxyl groups is 1. The van der Waals surface area contributed by atoms with E-state index in [0.29, 0.717) is 12.1 Å². The molecule has 0 aliphatic rings. The second-order valence-corrected chi connectivity index (χ2v) is 3.68. The van der Waals surface area contributed by atoms with E-state index in [2.05, 4.69) is 15.1 Å². The maximum absolute atomic E-state index is 9.97. The van der Waals surface area contributed by atoms with Gasteiger partial charge in [-0.3, -0.25) is 4.68 Å². The summed E-state index contributed by atoms with van der Waals surface area (Å²) in [4.78, 5) is 8.22. The minimum absolute atomic E-state index is 0.435. The summed E-state index contributed by atoms with van der Waals surface area (Å²) in [5.74, 6) is 0.778. The summed E-state index contributed by atoms with van der Waals surface area (Å²) < 4.78 is 3.58. The Morgan fingerprint density at radius 3 is 2.88 bits per heavy atom. The summed E-state index contributed by atoms with van der Waals surface area (Å²) >= 11 is 0. The average molecular weight is 221 g/mol. The summed E-state index contributed by atoms with van der Waals surface area (Å²) in [6.07, 6.45) is 4.78. The molecule has 1 unspecified atom stereocenters. The number of aryl methyl sites for hydroxylation is 2. The SMILES string of the molecule is CCn1ncnc1CC(O)c1cn(C)cn1. The molecule has 0 saturated heterocycles. The Kier molecular flexibility index (Phi) is 3.00. The normalized spacial score (nSPS) is 12.9. The Morgan fingerprint density at radius 1 is 1.44 bits per heavy atom. The first kappa shape index (κ1) is 10.8. The number of imidazole rings is 1. The highest BCUT2D eigenvalue weighted by Gasteiger charge is 2.14. The number of aromatic nitrogens is 5. The van der Waals surface area contributed by atoms with Gasteiger partial charge in [0.2, 0.25) is 0 Å². The van der Waals surface area contributed by atoms with Crippen LogP contribution in [0.4, 0.5) is 0 Å². The highest BCUT2D eigenvalue weighted by Crippen LogP contribution is 2.14. The molecule has 0 aliphatic heterocycles. The molecular weight excluding hydrogens is 206 g/mol. The summed E-state index contributed by atoms with van der Waals surface area (Å²) in [6, 6.07) is 0. The fourth-order valence-corrected chi connectivity index (χ4v) is 1.59. The highest BCUT2D eigenvalue weighted by molar-refractivity contribution is 5.04. The first-order valence-corrected chi connectivity index (χ1v) is 5.23. The molecule has 2 heterocycles. The van der Waals surface area contributed by atoms with Gasteiger partial charge in [0.1, 0.15) is 18.3 Å². The Bertz CT molecular complexity index is 461. The fraction of sp³-hybridized carbons (Fsp3) is 0.500. The van der Waals surface area contributed by atoms with Gasteiger partial charge >= 0.3 is 0 Å². The zero-order valence-electron chi connectivity index (χ0n) is 9.41. The van der Waals surface area contributed by atoms with Crippen molar-refractivity contribution < 1.29 is 5.11 Å². The van der Waals surface area contributed by atoms with Crippen LogP contribution in [-0.2, 0) is 20.0 Å². The molecule has 0 amide bonds. The zero-order valence-corrected chi connectivity index (χ0v) is 9.41. The lowest BCUT2D eigenvalue weighted by Crippen LogP contribution is -2.09. The van der Waals surface area contributed by atoms with Gasteiger partial charge in [0, 0.05) is 26.2 Å². The van der Waals surface area contributed by atoms with E-state index in [-0.39, 0.29) is 0 Å². The third-order valence-electron chi connectivity index (χ3n) is 2.44. The van der Waals surface area contributed by atoms with E-state index in [9.17, 15) is 5.11 Å². The molecule has 1 N–H and O–H groups in total. The molecule has 0 fully saturated rings. The Balaban J connectivity index is 2.10. The van der Waals surface area contributed by atoms with Crippen LogP contribution in [-0.4, -0.2) is 29.4 Å². The van der Waals surface area contributed by atoms with Crippen LogP contribution in [0, 0.1) is 0 Å². The Hall–Kier alpha value is -1.69. The number of rotatable bonds is 4. The van der Waals surface area contributed by atoms with Crippen molar-refractivity contribution in [2.45, 2.75) is 26.0 Å². The standard InChI is InChI=1S/C10H15N5O/c1-3-15-10(11-6-13-15)4-9(16)8-5-14(2)7-12-8/h5-7,9,16H,3-4H2,1-2H3. The maximum Gasteiger partial charge on any atom is 0.138 e. The second kappa shape index (κ2) is 4.44. The number of aliphatic hydroxyl groups excluding tert-OH is 1. The van der Waals surface area contributed by atoms with Gasteiger partial charge in [-0.15, -0.1) is 0 Å². The molecule has 0 spiro atoms. The molecule has 86 valence electrons. The van der Waals surface area contributed by atoms with E-state index >= 15 is 0 Å². The summed E-state index contributed by atoms with van der Waals surface area (Å²) in [5, 5.41) is 14.0. The molecule has 2 rings (SSSR count). The molecule has 0 aromatic carbocycles. The van der Waals surface area contributed by atoms with Gasteiger partial charge < -0.3 is 9.67 Å². The van der Waals surface area contributed by atoms with Crippen LogP contribution in [0.1, 0.15) is 24.5 Å². The topological polar surface area (TPSA) is 68.8 Å². The number of hydrogen-bond donors (Lipinski definition) is 1. The van der Waals surface area contributed by atoms with Gasteiger partial charge in [0.05, 0.1) is 12.0 Å². The second-order valence-electron chi connectivity index (χ2n) is 3.68. The van der Waals surface area contributed by atoms with Crippen LogP contribution in [0.15, 0.2) is 18.9 Å². The molecule has 0 radical (unpaired) electrons. The van der Waals surface area contributed by atoms with Crippen LogP contribution >= 0.6 is 0 Å². The largest absolute Gasteiger partial charge is 0.386 e. The van der Waals surface area contributed by atoms with Gasteiger partial charge in [0.25, 0.3) is 0 Å². The Morgan fingerprint density at radius 2 is 2.25 bits per heavy atom. The van der Waals surface area contributed by atoms with Crippen molar-refractivity contribution in [2.75, 3.05) is 0 Å². The van der Waals surface area contributed by atoms with Gasteiger partial charge in [-0.05, 0) is 6.92 Å². The quantitative estimate of drug-likeness (QED) is 0.806. The summed E-state index contributed by atoms with van der Waals surface area (Å²) in [5.41, 5.74) is 0.660. The van der Waals surface area contributed by atoms with Gasteiger partial charge in [-0.2, -0.15) is 5.10 Å². The van der Waals surface area contributed by atoms with E-state index in [1.165, 1.54) is 6.33 Å². The maximum atomic E-state index is 9.97. The molecule has 2 aromatic heterocycles. The van der Waals surface area contributed by atoms with Gasteiger partial charge in [-0.1, -0.05) is 0 Å². The molecular formula is C10H15N5O. The molecule has 1 atom stereocenters. The van der Waals surface area contributed by atoms with Crippen LogP contribution in [0.25, 0.3) is 0 Å². The molecule has 6 heteroatoms. The molecule has 6 nitrogen and oxygen atoms in total. The van der Waals surface area contributed by atoms with Crippen molar-refractivity contribution >= 4 is 0 Å². The minimum atomic E-state index is -0.629. The van der Waals surface area contributed by atoms with Crippen LogP contribution in [0.2, 0.25) is 0 Å². The van der Waals surface area contributed by atoms with Crippen molar-refractivity contribution in [3.63, 3.8) is 0 Å². The van der Waals surface area contributed by atoms with Gasteiger partial charge in [-0.25, -0.2) is 9.97 Å². The number of hydrogen-bond acceptors (Lipinski definition) is 4. The average Bonchev–Trinajstić information content (AvgIpc) is 2.86. The predicted molar refractivity (Wildman–Crippen MR) is 57.6 cm³/mol. The molecule has 0 bridgehead atoms. The first-order valence-electron chi connectivity index (χ1n) is 5.23. The summed E-state index contributed by atoms with van der Waals surface area (Å²) in [7, 11) is 1.87. The van der Waals surface area contributed by atoms with E-state index < -0.39 is 6.10 Å². The highest BCUT2D eigenvalue weighted by atomic mass is 16.3. The van der Waals surface area contributed by atoms with Crippen molar-refractivity contribution in [1.29, 1.82) is 0 Å². The third-order valence-corrected chi connectivity index (χ3v) is 2.44. The molecule has 0 saturated carbocycles. The summed E-state index contributed by atoms with van der Waals surface area (Å²) in [6.45, 7) is 2.75. The molecule has 16 heavy (non-hydrogen) atoms. The Labute approximate surface area is 93.6 Å². The molecule has 2 aromatic rings. The predicted octanol–water partition coefficient (Wildman–Crippen LogP) is 0.308. The third kappa shape index (κ3) is 2.11. The lowest BCUT2D eigenvalue weighted by Gasteiger charge is -2.07. The van der Waals surface area contributed by atoms with Crippen molar-refractivity contribution in [2.24, 2.45) is 7.05 Å². The lowest BCUT2D eigenvalue weighted by molar-refractivity contribution is 0.169. The van der Waals surface area contributed by atoms with Crippen molar-refractivity contribution in [3.05, 3.63) is 30.4 Å². The van der Waals surface area contributed by atoms with Crippen molar-refractivity contribution in [1.82, 2.24) is 24.3 Å². The van der Waals surface area contributed by atoms with E-state index in [1.807, 2.05) is 18.5 Å². The minimum Gasteiger partial charge on any atom is -0.386 e. The van der Waals surface area contributed by atoms with Crippen LogP contribution < -0.4 is 0 Å².